The van der Waals surface area contributed by atoms with E-state index in [9.17, 15) is 8.42 Å². The molecule has 0 aliphatic carbocycles. The maximum absolute atomic E-state index is 12.0. The Hall–Kier alpha value is -2.10. The molecule has 0 atom stereocenters. The molecular formula is C12H11N5O2S2. The van der Waals surface area contributed by atoms with E-state index in [0.29, 0.717) is 5.69 Å². The van der Waals surface area contributed by atoms with Crippen LogP contribution in [0.3, 0.4) is 0 Å². The van der Waals surface area contributed by atoms with E-state index in [2.05, 4.69) is 20.0 Å². The topological polar surface area (TPSA) is 89.8 Å². The SMILES string of the molecule is O=S(=O)(NCc1cn(-c2ccncc2)nn1)c1cccs1. The molecule has 108 valence electrons. The number of rotatable bonds is 5. The van der Waals surface area contributed by atoms with E-state index in [-0.39, 0.29) is 10.8 Å². The zero-order chi connectivity index (χ0) is 14.7. The molecule has 0 spiro atoms. The molecule has 0 aliphatic heterocycles. The highest BCUT2D eigenvalue weighted by molar-refractivity contribution is 7.91. The van der Waals surface area contributed by atoms with Gasteiger partial charge in [-0.05, 0) is 23.6 Å². The Labute approximate surface area is 125 Å². The van der Waals surface area contributed by atoms with Gasteiger partial charge in [-0.25, -0.2) is 17.8 Å². The number of hydrogen-bond acceptors (Lipinski definition) is 6. The Balaban J connectivity index is 1.71. The second kappa shape index (κ2) is 5.72. The van der Waals surface area contributed by atoms with Crippen molar-refractivity contribution in [3.8, 4) is 5.69 Å². The van der Waals surface area contributed by atoms with E-state index in [1.54, 1.807) is 52.9 Å². The number of pyridine rings is 1. The molecule has 0 saturated carbocycles. The summed E-state index contributed by atoms with van der Waals surface area (Å²) in [5, 5.41) is 9.62. The van der Waals surface area contributed by atoms with Gasteiger partial charge in [-0.1, -0.05) is 11.3 Å². The maximum atomic E-state index is 12.0. The van der Waals surface area contributed by atoms with E-state index in [1.165, 1.54) is 11.3 Å². The van der Waals surface area contributed by atoms with Crippen molar-refractivity contribution in [1.82, 2.24) is 24.7 Å². The Morgan fingerprint density at radius 2 is 2.05 bits per heavy atom. The van der Waals surface area contributed by atoms with E-state index in [1.807, 2.05) is 0 Å². The summed E-state index contributed by atoms with van der Waals surface area (Å²) >= 11 is 1.17. The van der Waals surface area contributed by atoms with Crippen LogP contribution in [0.5, 0.6) is 0 Å². The van der Waals surface area contributed by atoms with E-state index in [4.69, 9.17) is 0 Å². The molecule has 0 fully saturated rings. The standard InChI is InChI=1S/C12H11N5O2S2/c18-21(19,12-2-1-7-20-12)14-8-10-9-17(16-15-10)11-3-5-13-6-4-11/h1-7,9,14H,8H2. The Morgan fingerprint density at radius 3 is 2.76 bits per heavy atom. The molecule has 3 heterocycles. The molecule has 3 rings (SSSR count). The first-order chi connectivity index (χ1) is 10.1. The lowest BCUT2D eigenvalue weighted by atomic mass is 10.4. The van der Waals surface area contributed by atoms with Crippen LogP contribution in [-0.2, 0) is 16.6 Å². The second-order valence-electron chi connectivity index (χ2n) is 4.12. The highest BCUT2D eigenvalue weighted by atomic mass is 32.2. The minimum absolute atomic E-state index is 0.0886. The molecule has 0 bridgehead atoms. The van der Waals surface area contributed by atoms with Crippen LogP contribution < -0.4 is 4.72 Å². The van der Waals surface area contributed by atoms with E-state index >= 15 is 0 Å². The van der Waals surface area contributed by atoms with Gasteiger partial charge in [0, 0.05) is 12.4 Å². The third kappa shape index (κ3) is 3.15. The van der Waals surface area contributed by atoms with Gasteiger partial charge in [-0.3, -0.25) is 4.98 Å². The van der Waals surface area contributed by atoms with Crippen LogP contribution in [0.2, 0.25) is 0 Å². The quantitative estimate of drug-likeness (QED) is 0.762. The lowest BCUT2D eigenvalue weighted by Gasteiger charge is -2.01. The van der Waals surface area contributed by atoms with Crippen LogP contribution in [0.15, 0.2) is 52.4 Å². The van der Waals surface area contributed by atoms with E-state index < -0.39 is 10.0 Å². The lowest BCUT2D eigenvalue weighted by Crippen LogP contribution is -2.22. The first-order valence-electron chi connectivity index (χ1n) is 6.00. The maximum Gasteiger partial charge on any atom is 0.250 e. The van der Waals surface area contributed by atoms with Crippen molar-refractivity contribution in [2.24, 2.45) is 0 Å². The molecule has 9 heteroatoms. The third-order valence-corrected chi connectivity index (χ3v) is 5.47. The summed E-state index contributed by atoms with van der Waals surface area (Å²) < 4.78 is 28.3. The van der Waals surface area contributed by atoms with Crippen molar-refractivity contribution in [2.45, 2.75) is 10.8 Å². The molecule has 0 amide bonds. The van der Waals surface area contributed by atoms with Crippen LogP contribution in [0, 0.1) is 0 Å². The van der Waals surface area contributed by atoms with Crippen LogP contribution in [0.1, 0.15) is 5.69 Å². The number of aromatic nitrogens is 4. The average Bonchev–Trinajstić information content (AvgIpc) is 3.18. The molecule has 0 unspecified atom stereocenters. The zero-order valence-electron chi connectivity index (χ0n) is 10.7. The van der Waals surface area contributed by atoms with Crippen LogP contribution >= 0.6 is 11.3 Å². The number of nitrogens with one attached hydrogen (secondary N) is 1. The first-order valence-corrected chi connectivity index (χ1v) is 8.36. The third-order valence-electron chi connectivity index (χ3n) is 2.67. The van der Waals surface area contributed by atoms with Gasteiger partial charge in [0.2, 0.25) is 10.0 Å². The lowest BCUT2D eigenvalue weighted by molar-refractivity contribution is 0.582. The molecule has 1 N–H and O–H groups in total. The first kappa shape index (κ1) is 13.9. The highest BCUT2D eigenvalue weighted by Crippen LogP contribution is 2.15. The van der Waals surface area contributed by atoms with Crippen molar-refractivity contribution in [3.05, 3.63) is 53.9 Å². The normalized spacial score (nSPS) is 11.6. The van der Waals surface area contributed by atoms with Crippen molar-refractivity contribution >= 4 is 21.4 Å². The van der Waals surface area contributed by atoms with Crippen LogP contribution in [0.25, 0.3) is 5.69 Å². The highest BCUT2D eigenvalue weighted by Gasteiger charge is 2.15. The smallest absolute Gasteiger partial charge is 0.250 e. The predicted octanol–water partition coefficient (Wildman–Crippen LogP) is 1.20. The molecule has 0 saturated heterocycles. The largest absolute Gasteiger partial charge is 0.265 e. The molecular weight excluding hydrogens is 310 g/mol. The molecule has 0 aromatic carbocycles. The second-order valence-corrected chi connectivity index (χ2v) is 7.06. The molecule has 21 heavy (non-hydrogen) atoms. The average molecular weight is 321 g/mol. The fourth-order valence-electron chi connectivity index (χ4n) is 1.66. The van der Waals surface area contributed by atoms with E-state index in [0.717, 1.165) is 5.69 Å². The fraction of sp³-hybridized carbons (Fsp3) is 0.0833. The number of nitrogens with zero attached hydrogens (tertiary/aromatic N) is 4. The Morgan fingerprint density at radius 1 is 1.24 bits per heavy atom. The predicted molar refractivity (Wildman–Crippen MR) is 77.5 cm³/mol. The van der Waals surface area contributed by atoms with Gasteiger partial charge in [0.25, 0.3) is 0 Å². The molecule has 3 aromatic heterocycles. The number of sulfonamides is 1. The Kier molecular flexibility index (Phi) is 3.78. The molecule has 0 aliphatic rings. The summed E-state index contributed by atoms with van der Waals surface area (Å²) in [6.07, 6.45) is 4.97. The monoisotopic (exact) mass is 321 g/mol. The molecule has 0 radical (unpaired) electrons. The summed E-state index contributed by atoms with van der Waals surface area (Å²) in [4.78, 5) is 3.92. The summed E-state index contributed by atoms with van der Waals surface area (Å²) in [6.45, 7) is 0.0886. The van der Waals surface area contributed by atoms with Crippen LogP contribution in [0.4, 0.5) is 0 Å². The van der Waals surface area contributed by atoms with Crippen molar-refractivity contribution in [3.63, 3.8) is 0 Å². The summed E-state index contributed by atoms with van der Waals surface area (Å²) in [5.74, 6) is 0. The minimum Gasteiger partial charge on any atom is -0.265 e. The number of thiophene rings is 1. The van der Waals surface area contributed by atoms with Crippen molar-refractivity contribution in [2.75, 3.05) is 0 Å². The Bertz CT molecular complexity index is 812. The van der Waals surface area contributed by atoms with Gasteiger partial charge in [0.1, 0.15) is 4.21 Å². The van der Waals surface area contributed by atoms with Gasteiger partial charge in [-0.15, -0.1) is 16.4 Å². The summed E-state index contributed by atoms with van der Waals surface area (Å²) in [6, 6.07) is 6.82. The van der Waals surface area contributed by atoms with Gasteiger partial charge >= 0.3 is 0 Å². The minimum atomic E-state index is -3.49. The van der Waals surface area contributed by atoms with Crippen molar-refractivity contribution in [1.29, 1.82) is 0 Å². The van der Waals surface area contributed by atoms with Crippen LogP contribution in [-0.4, -0.2) is 28.4 Å². The van der Waals surface area contributed by atoms with Gasteiger partial charge in [0.05, 0.1) is 24.1 Å². The molecule has 7 nitrogen and oxygen atoms in total. The summed E-state index contributed by atoms with van der Waals surface area (Å²) in [7, 11) is -3.49. The van der Waals surface area contributed by atoms with Gasteiger partial charge in [-0.2, -0.15) is 0 Å². The van der Waals surface area contributed by atoms with Gasteiger partial charge in [0.15, 0.2) is 0 Å². The zero-order valence-corrected chi connectivity index (χ0v) is 12.4. The van der Waals surface area contributed by atoms with Gasteiger partial charge < -0.3 is 0 Å². The molecule has 3 aromatic rings. The number of hydrogen-bond donors (Lipinski definition) is 1. The van der Waals surface area contributed by atoms with Crippen molar-refractivity contribution < 1.29 is 8.42 Å². The fourth-order valence-corrected chi connectivity index (χ4v) is 3.70. The summed E-state index contributed by atoms with van der Waals surface area (Å²) in [5.41, 5.74) is 1.34.